The predicted molar refractivity (Wildman–Crippen MR) is 67.3 cm³/mol. The van der Waals surface area contributed by atoms with E-state index in [-0.39, 0.29) is 17.8 Å². The number of carbonyl (C=O) groups is 1. The van der Waals surface area contributed by atoms with Crippen LogP contribution >= 0.6 is 0 Å². The largest absolute Gasteiger partial charge is 0.419 e. The van der Waals surface area contributed by atoms with Crippen LogP contribution < -0.4 is 0 Å². The summed E-state index contributed by atoms with van der Waals surface area (Å²) >= 11 is 0. The minimum Gasteiger partial charge on any atom is -0.372 e. The van der Waals surface area contributed by atoms with Crippen LogP contribution in [0.3, 0.4) is 0 Å². The van der Waals surface area contributed by atoms with Crippen molar-refractivity contribution in [2.24, 2.45) is 0 Å². The van der Waals surface area contributed by atoms with Gasteiger partial charge in [0.05, 0.1) is 17.8 Å². The summed E-state index contributed by atoms with van der Waals surface area (Å²) in [5.41, 5.74) is -1.60. The van der Waals surface area contributed by atoms with Crippen LogP contribution in [0, 0.1) is 5.82 Å². The van der Waals surface area contributed by atoms with Gasteiger partial charge in [-0.05, 0) is 32.0 Å². The van der Waals surface area contributed by atoms with Crippen LogP contribution in [0.15, 0.2) is 18.2 Å². The first-order valence-electron chi connectivity index (χ1n) is 6.50. The summed E-state index contributed by atoms with van der Waals surface area (Å²) in [6, 6.07) is 2.30. The SMILES string of the molecule is C[C@@H]1CN(C(=O)c2ccc(F)c(C(F)(F)F)c2)C[C@H](C)O1. The molecule has 1 saturated heterocycles. The molecule has 1 aliphatic rings. The van der Waals surface area contributed by atoms with Crippen LogP contribution in [0.2, 0.25) is 0 Å². The van der Waals surface area contributed by atoms with Gasteiger partial charge in [0.25, 0.3) is 5.91 Å². The Balaban J connectivity index is 2.27. The molecule has 0 saturated carbocycles. The Kier molecular flexibility index (Phi) is 4.22. The molecule has 0 aliphatic carbocycles. The molecule has 116 valence electrons. The van der Waals surface area contributed by atoms with Crippen LogP contribution in [-0.2, 0) is 10.9 Å². The Bertz CT molecular complexity index is 534. The normalized spacial score (nSPS) is 23.2. The molecule has 7 heteroatoms. The van der Waals surface area contributed by atoms with Gasteiger partial charge in [0, 0.05) is 18.7 Å². The van der Waals surface area contributed by atoms with Crippen LogP contribution in [-0.4, -0.2) is 36.1 Å². The second-order valence-electron chi connectivity index (χ2n) is 5.16. The highest BCUT2D eigenvalue weighted by Gasteiger charge is 2.35. The van der Waals surface area contributed by atoms with Gasteiger partial charge in [-0.15, -0.1) is 0 Å². The van der Waals surface area contributed by atoms with Crippen molar-refractivity contribution in [1.82, 2.24) is 4.90 Å². The summed E-state index contributed by atoms with van der Waals surface area (Å²) in [6.07, 6.45) is -5.22. The number of hydrogen-bond acceptors (Lipinski definition) is 2. The highest BCUT2D eigenvalue weighted by atomic mass is 19.4. The first-order valence-corrected chi connectivity index (χ1v) is 6.50. The Morgan fingerprint density at radius 3 is 2.33 bits per heavy atom. The average Bonchev–Trinajstić information content (AvgIpc) is 2.36. The number of carbonyl (C=O) groups excluding carboxylic acids is 1. The zero-order valence-electron chi connectivity index (χ0n) is 11.6. The van der Waals surface area contributed by atoms with Crippen molar-refractivity contribution in [3.05, 3.63) is 35.1 Å². The summed E-state index contributed by atoms with van der Waals surface area (Å²) in [5, 5.41) is 0. The molecule has 1 aliphatic heterocycles. The van der Waals surface area contributed by atoms with E-state index >= 15 is 0 Å². The second-order valence-corrected chi connectivity index (χ2v) is 5.16. The van der Waals surface area contributed by atoms with E-state index in [1.54, 1.807) is 13.8 Å². The van der Waals surface area contributed by atoms with Gasteiger partial charge < -0.3 is 9.64 Å². The van der Waals surface area contributed by atoms with Gasteiger partial charge in [-0.3, -0.25) is 4.79 Å². The number of benzene rings is 1. The molecular formula is C14H15F4NO2. The molecule has 0 bridgehead atoms. The summed E-state index contributed by atoms with van der Waals surface area (Å²) in [7, 11) is 0. The lowest BCUT2D eigenvalue weighted by molar-refractivity contribution is -0.140. The third-order valence-corrected chi connectivity index (χ3v) is 3.23. The van der Waals surface area contributed by atoms with E-state index in [0.717, 1.165) is 6.07 Å². The van der Waals surface area contributed by atoms with Gasteiger partial charge in [0.1, 0.15) is 5.82 Å². The minimum atomic E-state index is -4.83. The topological polar surface area (TPSA) is 29.5 Å². The zero-order valence-corrected chi connectivity index (χ0v) is 11.6. The van der Waals surface area contributed by atoms with Gasteiger partial charge in [-0.25, -0.2) is 4.39 Å². The van der Waals surface area contributed by atoms with Gasteiger partial charge >= 0.3 is 6.18 Å². The number of alkyl halides is 3. The van der Waals surface area contributed by atoms with Crippen molar-refractivity contribution in [1.29, 1.82) is 0 Å². The van der Waals surface area contributed by atoms with Crippen LogP contribution in [0.1, 0.15) is 29.8 Å². The van der Waals surface area contributed by atoms with E-state index in [0.29, 0.717) is 25.2 Å². The van der Waals surface area contributed by atoms with Crippen LogP contribution in [0.25, 0.3) is 0 Å². The number of amides is 1. The predicted octanol–water partition coefficient (Wildman–Crippen LogP) is 3.09. The first kappa shape index (κ1) is 15.8. The highest BCUT2D eigenvalue weighted by Crippen LogP contribution is 2.32. The Morgan fingerprint density at radius 1 is 1.24 bits per heavy atom. The Hall–Kier alpha value is -1.63. The van der Waals surface area contributed by atoms with Crippen molar-refractivity contribution in [3.63, 3.8) is 0 Å². The van der Waals surface area contributed by atoms with E-state index in [9.17, 15) is 22.4 Å². The standard InChI is InChI=1S/C14H15F4NO2/c1-8-6-19(7-9(2)21-8)13(20)10-3-4-12(15)11(5-10)14(16,17)18/h3-5,8-9H,6-7H2,1-2H3/t8-,9+. The van der Waals surface area contributed by atoms with E-state index in [1.165, 1.54) is 4.90 Å². The molecule has 0 N–H and O–H groups in total. The van der Waals surface area contributed by atoms with Crippen molar-refractivity contribution < 1.29 is 27.1 Å². The molecule has 1 aromatic rings. The number of rotatable bonds is 1. The zero-order chi connectivity index (χ0) is 15.8. The fourth-order valence-corrected chi connectivity index (χ4v) is 2.40. The third-order valence-electron chi connectivity index (χ3n) is 3.23. The lowest BCUT2D eigenvalue weighted by atomic mass is 10.1. The smallest absolute Gasteiger partial charge is 0.372 e. The third kappa shape index (κ3) is 3.53. The molecule has 0 spiro atoms. The minimum absolute atomic E-state index is 0.176. The van der Waals surface area contributed by atoms with Crippen molar-refractivity contribution >= 4 is 5.91 Å². The summed E-state index contributed by atoms with van der Waals surface area (Å²) in [5.74, 6) is -1.94. The van der Waals surface area contributed by atoms with Gasteiger partial charge in [-0.2, -0.15) is 13.2 Å². The lowest BCUT2D eigenvalue weighted by Gasteiger charge is -2.35. The molecule has 0 aromatic heterocycles. The number of hydrogen-bond donors (Lipinski definition) is 0. The van der Waals surface area contributed by atoms with Crippen molar-refractivity contribution in [2.75, 3.05) is 13.1 Å². The number of ether oxygens (including phenoxy) is 1. The van der Waals surface area contributed by atoms with E-state index in [4.69, 9.17) is 4.74 Å². The average molecular weight is 305 g/mol. The molecule has 21 heavy (non-hydrogen) atoms. The molecule has 0 radical (unpaired) electrons. The molecule has 1 aromatic carbocycles. The van der Waals surface area contributed by atoms with Gasteiger partial charge in [0.15, 0.2) is 0 Å². The number of halogens is 4. The second kappa shape index (κ2) is 5.63. The quantitative estimate of drug-likeness (QED) is 0.746. The van der Waals surface area contributed by atoms with Crippen molar-refractivity contribution in [3.8, 4) is 0 Å². The Labute approximate surface area is 119 Å². The fourth-order valence-electron chi connectivity index (χ4n) is 2.40. The van der Waals surface area contributed by atoms with Gasteiger partial charge in [0.2, 0.25) is 0 Å². The molecule has 1 fully saturated rings. The lowest BCUT2D eigenvalue weighted by Crippen LogP contribution is -2.48. The summed E-state index contributed by atoms with van der Waals surface area (Å²) < 4.78 is 56.7. The maximum absolute atomic E-state index is 13.2. The Morgan fingerprint density at radius 2 is 1.81 bits per heavy atom. The van der Waals surface area contributed by atoms with Crippen LogP contribution in [0.4, 0.5) is 17.6 Å². The highest BCUT2D eigenvalue weighted by molar-refractivity contribution is 5.94. The van der Waals surface area contributed by atoms with Gasteiger partial charge in [-0.1, -0.05) is 0 Å². The molecule has 1 amide bonds. The molecule has 3 nitrogen and oxygen atoms in total. The molecule has 1 heterocycles. The van der Waals surface area contributed by atoms with E-state index in [2.05, 4.69) is 0 Å². The molecule has 2 atom stereocenters. The van der Waals surface area contributed by atoms with E-state index in [1.807, 2.05) is 0 Å². The molecular weight excluding hydrogens is 290 g/mol. The molecule has 0 unspecified atom stereocenters. The first-order chi connectivity index (χ1) is 9.68. The van der Waals surface area contributed by atoms with Crippen molar-refractivity contribution in [2.45, 2.75) is 32.2 Å². The maximum Gasteiger partial charge on any atom is 0.419 e. The number of nitrogens with zero attached hydrogens (tertiary/aromatic N) is 1. The fraction of sp³-hybridized carbons (Fsp3) is 0.500. The maximum atomic E-state index is 13.2. The van der Waals surface area contributed by atoms with E-state index < -0.39 is 23.5 Å². The summed E-state index contributed by atoms with van der Waals surface area (Å²) in [6.45, 7) is 4.15. The van der Waals surface area contributed by atoms with Crippen LogP contribution in [0.5, 0.6) is 0 Å². The summed E-state index contributed by atoms with van der Waals surface area (Å²) in [4.78, 5) is 13.7. The monoisotopic (exact) mass is 305 g/mol. The molecule has 2 rings (SSSR count). The number of morpholine rings is 1.